The molecule has 0 radical (unpaired) electrons. The number of rotatable bonds is 6. The maximum atomic E-state index is 12.8. The summed E-state index contributed by atoms with van der Waals surface area (Å²) in [5.41, 5.74) is 0.443. The molecule has 2 atom stereocenters. The molecule has 2 saturated heterocycles. The van der Waals surface area contributed by atoms with Crippen LogP contribution in [0, 0.1) is 10.1 Å². The van der Waals surface area contributed by atoms with Gasteiger partial charge in [-0.3, -0.25) is 19.8 Å². The Hall–Kier alpha value is -3.42. The number of likely N-dealkylation sites (tertiary alicyclic amines) is 1. The molecular formula is C20H23F3N4O7. The van der Waals surface area contributed by atoms with Crippen LogP contribution in [-0.2, 0) is 25.8 Å². The molecule has 1 aromatic rings. The molecule has 186 valence electrons. The molecule has 0 aliphatic carbocycles. The van der Waals surface area contributed by atoms with Crippen LogP contribution in [0.5, 0.6) is 0 Å². The van der Waals surface area contributed by atoms with E-state index in [9.17, 15) is 37.7 Å². The van der Waals surface area contributed by atoms with Gasteiger partial charge in [-0.2, -0.15) is 13.2 Å². The average Bonchev–Trinajstić information content (AvgIpc) is 3.23. The molecule has 2 aliphatic rings. The van der Waals surface area contributed by atoms with Gasteiger partial charge in [-0.25, -0.2) is 9.59 Å². The minimum atomic E-state index is -5.11. The van der Waals surface area contributed by atoms with E-state index in [2.05, 4.69) is 10.2 Å². The first kappa shape index (κ1) is 25.2. The van der Waals surface area contributed by atoms with Crippen molar-refractivity contribution in [3.8, 4) is 0 Å². The van der Waals surface area contributed by atoms with E-state index in [0.717, 1.165) is 5.06 Å². The van der Waals surface area contributed by atoms with Gasteiger partial charge in [-0.05, 0) is 43.4 Å². The van der Waals surface area contributed by atoms with Crippen LogP contribution in [0.15, 0.2) is 24.3 Å². The lowest BCUT2D eigenvalue weighted by atomic mass is 10.0. The van der Waals surface area contributed by atoms with E-state index in [0.29, 0.717) is 24.8 Å². The fourth-order valence-electron chi connectivity index (χ4n) is 3.76. The molecule has 2 amide bonds. The van der Waals surface area contributed by atoms with Crippen molar-refractivity contribution < 1.29 is 42.1 Å². The summed E-state index contributed by atoms with van der Waals surface area (Å²) in [5.74, 6) is -2.80. The number of nitrogens with one attached hydrogen (secondary N) is 1. The number of amides is 2. The lowest BCUT2D eigenvalue weighted by Gasteiger charge is -2.34. The van der Waals surface area contributed by atoms with Gasteiger partial charge in [0.25, 0.3) is 5.69 Å². The quantitative estimate of drug-likeness (QED) is 0.477. The molecule has 0 unspecified atom stereocenters. The van der Waals surface area contributed by atoms with E-state index in [1.54, 1.807) is 0 Å². The third kappa shape index (κ3) is 6.56. The molecule has 3 rings (SSSR count). The van der Waals surface area contributed by atoms with Crippen molar-refractivity contribution in [2.45, 2.75) is 50.6 Å². The van der Waals surface area contributed by atoms with Crippen LogP contribution in [0.1, 0.15) is 31.2 Å². The van der Waals surface area contributed by atoms with E-state index in [1.165, 1.54) is 29.2 Å². The second-order valence-corrected chi connectivity index (χ2v) is 7.94. The molecule has 11 nitrogen and oxygen atoms in total. The molecule has 0 saturated carbocycles. The second-order valence-electron chi connectivity index (χ2n) is 7.94. The highest BCUT2D eigenvalue weighted by atomic mass is 19.4. The van der Waals surface area contributed by atoms with E-state index in [4.69, 9.17) is 4.74 Å². The van der Waals surface area contributed by atoms with Crippen molar-refractivity contribution in [2.24, 2.45) is 0 Å². The summed E-state index contributed by atoms with van der Waals surface area (Å²) in [5, 5.41) is 14.3. The Bertz CT molecular complexity index is 926. The number of hydroxylamine groups is 2. The van der Waals surface area contributed by atoms with Crippen molar-refractivity contribution in [3.05, 3.63) is 39.9 Å². The van der Waals surface area contributed by atoms with Crippen molar-refractivity contribution in [3.63, 3.8) is 0 Å². The number of carbonyl (C=O) groups is 3. The van der Waals surface area contributed by atoms with E-state index < -0.39 is 41.2 Å². The Morgan fingerprint density at radius 1 is 1.12 bits per heavy atom. The first-order chi connectivity index (χ1) is 16.0. The summed E-state index contributed by atoms with van der Waals surface area (Å²) in [6.07, 6.45) is -3.80. The number of nitro benzene ring substituents is 1. The lowest BCUT2D eigenvalue weighted by molar-refractivity contribution is -0.384. The van der Waals surface area contributed by atoms with Gasteiger partial charge in [0, 0.05) is 31.3 Å². The van der Waals surface area contributed by atoms with Crippen LogP contribution in [-0.4, -0.2) is 70.8 Å². The van der Waals surface area contributed by atoms with Gasteiger partial charge >= 0.3 is 18.2 Å². The largest absolute Gasteiger partial charge is 0.492 e. The van der Waals surface area contributed by atoms with Gasteiger partial charge in [0.15, 0.2) is 0 Å². The maximum Gasteiger partial charge on any atom is 0.492 e. The summed E-state index contributed by atoms with van der Waals surface area (Å²) in [7, 11) is 0. The summed E-state index contributed by atoms with van der Waals surface area (Å²) >= 11 is 0. The second kappa shape index (κ2) is 10.7. The Morgan fingerprint density at radius 3 is 2.47 bits per heavy atom. The number of ether oxygens (including phenoxy) is 1. The van der Waals surface area contributed by atoms with Gasteiger partial charge in [0.2, 0.25) is 5.91 Å². The molecule has 0 aromatic heterocycles. The average molecular weight is 488 g/mol. The highest BCUT2D eigenvalue weighted by Gasteiger charge is 2.44. The van der Waals surface area contributed by atoms with Gasteiger partial charge in [-0.1, -0.05) is 0 Å². The number of nitrogens with zero attached hydrogens (tertiary/aromatic N) is 3. The Balaban J connectivity index is 1.51. The predicted molar refractivity (Wildman–Crippen MR) is 108 cm³/mol. The van der Waals surface area contributed by atoms with E-state index >= 15 is 0 Å². The van der Waals surface area contributed by atoms with Crippen LogP contribution in [0.25, 0.3) is 0 Å². The number of carbonyl (C=O) groups excluding carboxylic acids is 3. The van der Waals surface area contributed by atoms with Crippen molar-refractivity contribution in [1.82, 2.24) is 15.3 Å². The van der Waals surface area contributed by atoms with Gasteiger partial charge in [-0.15, -0.1) is 5.06 Å². The molecule has 0 bridgehead atoms. The number of halogens is 3. The molecule has 2 aliphatic heterocycles. The minimum Gasteiger partial charge on any atom is -0.445 e. The number of hydrogen-bond acceptors (Lipinski definition) is 8. The van der Waals surface area contributed by atoms with Crippen LogP contribution in [0.3, 0.4) is 0 Å². The predicted octanol–water partition coefficient (Wildman–Crippen LogP) is 2.30. The zero-order valence-corrected chi connectivity index (χ0v) is 18.0. The summed E-state index contributed by atoms with van der Waals surface area (Å²) in [6, 6.07) is 4.14. The number of nitro groups is 1. The number of non-ortho nitro benzene ring substituents is 1. The molecule has 34 heavy (non-hydrogen) atoms. The first-order valence-corrected chi connectivity index (χ1v) is 10.6. The van der Waals surface area contributed by atoms with Gasteiger partial charge in [0.05, 0.1) is 11.5 Å². The van der Waals surface area contributed by atoms with Gasteiger partial charge < -0.3 is 14.9 Å². The fourth-order valence-corrected chi connectivity index (χ4v) is 3.76. The van der Waals surface area contributed by atoms with Crippen LogP contribution < -0.4 is 5.32 Å². The van der Waals surface area contributed by atoms with E-state index in [-0.39, 0.29) is 38.3 Å². The fraction of sp³-hybridized carbons (Fsp3) is 0.550. The summed E-state index contributed by atoms with van der Waals surface area (Å²) < 4.78 is 42.3. The van der Waals surface area contributed by atoms with Crippen LogP contribution in [0.4, 0.5) is 23.7 Å². The maximum absolute atomic E-state index is 12.8. The van der Waals surface area contributed by atoms with Crippen molar-refractivity contribution >= 4 is 23.7 Å². The summed E-state index contributed by atoms with van der Waals surface area (Å²) in [6.45, 7) is 0.0737. The van der Waals surface area contributed by atoms with E-state index in [1.807, 2.05) is 0 Å². The highest BCUT2D eigenvalue weighted by molar-refractivity contribution is 5.86. The monoisotopic (exact) mass is 488 g/mol. The van der Waals surface area contributed by atoms with Gasteiger partial charge in [0.1, 0.15) is 12.6 Å². The molecule has 2 heterocycles. The highest BCUT2D eigenvalue weighted by Crippen LogP contribution is 2.22. The summed E-state index contributed by atoms with van der Waals surface area (Å²) in [4.78, 5) is 52.1. The molecular weight excluding hydrogens is 465 g/mol. The number of alkyl halides is 3. The number of benzene rings is 1. The van der Waals surface area contributed by atoms with Crippen molar-refractivity contribution in [1.29, 1.82) is 0 Å². The topological polar surface area (TPSA) is 131 Å². The zero-order valence-electron chi connectivity index (χ0n) is 18.0. The molecule has 1 N–H and O–H groups in total. The molecule has 1 aromatic carbocycles. The third-order valence-electron chi connectivity index (χ3n) is 5.49. The third-order valence-corrected chi connectivity index (χ3v) is 5.49. The van der Waals surface area contributed by atoms with Crippen LogP contribution >= 0.6 is 0 Å². The zero-order chi connectivity index (χ0) is 24.9. The number of hydrogen-bond donors (Lipinski definition) is 1. The standard InChI is InChI=1S/C20H23F3N4O7/c21-20(22,23)18(29)34-25-10-8-14(11-25)24-17(28)16-3-1-2-9-26(16)19(30)33-12-13-4-6-15(7-5-13)27(31)32/h4-7,14,16H,1-3,8-12H2,(H,24,28)/t14-,16-/m0/s1. The smallest absolute Gasteiger partial charge is 0.445 e. The lowest BCUT2D eigenvalue weighted by Crippen LogP contribution is -2.54. The SMILES string of the molecule is O=C(N[C@H]1CCN(OC(=O)C(F)(F)F)C1)[C@@H]1CCCCN1C(=O)OCc1ccc([N+](=O)[O-])cc1. The molecule has 14 heteroatoms. The molecule has 2 fully saturated rings. The van der Waals surface area contributed by atoms with Crippen LogP contribution in [0.2, 0.25) is 0 Å². The first-order valence-electron chi connectivity index (χ1n) is 10.6. The Kier molecular flexibility index (Phi) is 7.91. The van der Waals surface area contributed by atoms with Crippen molar-refractivity contribution in [2.75, 3.05) is 19.6 Å². The normalized spacial score (nSPS) is 21.1. The molecule has 0 spiro atoms. The Labute approximate surface area is 191 Å². The Morgan fingerprint density at radius 2 is 1.82 bits per heavy atom. The minimum absolute atomic E-state index is 0.0262. The number of piperidine rings is 1.